The van der Waals surface area contributed by atoms with Crippen LogP contribution in [0.1, 0.15) is 110 Å². The molecule has 252 valence electrons. The van der Waals surface area contributed by atoms with Crippen molar-refractivity contribution in [1.82, 2.24) is 0 Å². The minimum Gasteiger partial charge on any atom is -0.544 e. The predicted molar refractivity (Wildman–Crippen MR) is 176 cm³/mol. The topological polar surface area (TPSA) is 102 Å². The van der Waals surface area contributed by atoms with Crippen molar-refractivity contribution >= 4 is 17.9 Å². The van der Waals surface area contributed by atoms with Crippen LogP contribution in [0.4, 0.5) is 0 Å². The van der Waals surface area contributed by atoms with E-state index < -0.39 is 24.1 Å². The van der Waals surface area contributed by atoms with Crippen LogP contribution in [0.3, 0.4) is 0 Å². The number of nitrogens with zero attached hydrogens (tertiary/aromatic N) is 1. The van der Waals surface area contributed by atoms with E-state index in [1.54, 1.807) is 21.1 Å². The molecule has 0 N–H and O–H groups in total. The summed E-state index contributed by atoms with van der Waals surface area (Å²) in [6.45, 7) is 4.33. The predicted octanol–water partition coefficient (Wildman–Crippen LogP) is 6.40. The van der Waals surface area contributed by atoms with Crippen LogP contribution in [-0.2, 0) is 28.6 Å². The summed E-state index contributed by atoms with van der Waals surface area (Å²) < 4.78 is 16.8. The van der Waals surface area contributed by atoms with Crippen LogP contribution in [0.5, 0.6) is 0 Å². The number of carbonyl (C=O) groups excluding carboxylic acids is 3. The second-order valence-electron chi connectivity index (χ2n) is 12.0. The van der Waals surface area contributed by atoms with Gasteiger partial charge < -0.3 is 28.6 Å². The quantitative estimate of drug-likeness (QED) is 0.0432. The Morgan fingerprint density at radius 3 is 1.86 bits per heavy atom. The number of quaternary nitrogens is 1. The third-order valence-electron chi connectivity index (χ3n) is 6.98. The van der Waals surface area contributed by atoms with Gasteiger partial charge in [0, 0.05) is 19.3 Å². The van der Waals surface area contributed by atoms with E-state index in [4.69, 9.17) is 14.2 Å². The molecule has 0 bridgehead atoms. The summed E-state index contributed by atoms with van der Waals surface area (Å²) in [5.41, 5.74) is 0. The molecule has 2 atom stereocenters. The molecule has 0 saturated heterocycles. The standard InChI is InChI=1S/C36H61NO7/c1-6-8-10-12-14-15-16-17-18-19-21-22-24-26-34(38)43-31-32(30-42-29-28-33(36(40)41)37(3,4)5)44-35(39)27-25-23-20-13-11-9-7-2/h9,11,17-18,20-23,32-33H,6-8,10,12-16,19,24-31H2,1-5H3/b11-9+,18-17+,22-21+,23-20+. The summed E-state index contributed by atoms with van der Waals surface area (Å²) in [5, 5.41) is 11.5. The van der Waals surface area contributed by atoms with Gasteiger partial charge in [0.1, 0.15) is 12.6 Å². The normalized spacial score (nSPS) is 13.8. The van der Waals surface area contributed by atoms with E-state index >= 15 is 0 Å². The Labute approximate surface area is 267 Å². The maximum atomic E-state index is 12.4. The Morgan fingerprint density at radius 2 is 1.27 bits per heavy atom. The number of rotatable bonds is 28. The lowest BCUT2D eigenvalue weighted by Gasteiger charge is -2.34. The molecule has 8 nitrogen and oxygen atoms in total. The molecule has 0 saturated carbocycles. The number of esters is 2. The summed E-state index contributed by atoms with van der Waals surface area (Å²) in [6, 6.07) is -0.739. The van der Waals surface area contributed by atoms with Gasteiger partial charge in [-0.2, -0.15) is 0 Å². The zero-order chi connectivity index (χ0) is 32.9. The highest BCUT2D eigenvalue weighted by Gasteiger charge is 2.25. The highest BCUT2D eigenvalue weighted by Crippen LogP contribution is 2.10. The lowest BCUT2D eigenvalue weighted by atomic mass is 10.1. The van der Waals surface area contributed by atoms with E-state index in [0.29, 0.717) is 12.8 Å². The van der Waals surface area contributed by atoms with Gasteiger partial charge in [0.15, 0.2) is 6.10 Å². The maximum Gasteiger partial charge on any atom is 0.306 e. The number of carboxylic acids is 1. The summed E-state index contributed by atoms with van der Waals surface area (Å²) in [6.07, 6.45) is 29.1. The van der Waals surface area contributed by atoms with Crippen molar-refractivity contribution in [2.45, 2.75) is 122 Å². The van der Waals surface area contributed by atoms with Gasteiger partial charge in [0.2, 0.25) is 0 Å². The maximum absolute atomic E-state index is 12.4. The fourth-order valence-corrected chi connectivity index (χ4v) is 4.36. The first-order chi connectivity index (χ1) is 21.1. The lowest BCUT2D eigenvalue weighted by molar-refractivity contribution is -0.889. The average Bonchev–Trinajstić information content (AvgIpc) is 2.96. The van der Waals surface area contributed by atoms with Crippen molar-refractivity contribution in [3.63, 3.8) is 0 Å². The first-order valence-corrected chi connectivity index (χ1v) is 16.7. The largest absolute Gasteiger partial charge is 0.544 e. The third kappa shape index (κ3) is 25.8. The number of ether oxygens (including phenoxy) is 3. The molecule has 0 fully saturated rings. The van der Waals surface area contributed by atoms with Gasteiger partial charge in [-0.1, -0.05) is 94.6 Å². The van der Waals surface area contributed by atoms with E-state index in [1.807, 2.05) is 24.3 Å². The van der Waals surface area contributed by atoms with E-state index in [-0.39, 0.29) is 49.5 Å². The molecule has 0 aromatic rings. The van der Waals surface area contributed by atoms with Crippen molar-refractivity contribution < 1.29 is 38.2 Å². The SMILES string of the molecule is CC/C=C/C/C=C/CCC(=O)OC(COCCC(C(=O)[O-])[N+](C)(C)C)COC(=O)CC/C=C/C/C=C/CCCCCCCC. The zero-order valence-corrected chi connectivity index (χ0v) is 28.3. The molecule has 0 aromatic heterocycles. The number of hydrogen-bond donors (Lipinski definition) is 0. The molecule has 0 amide bonds. The molecular weight excluding hydrogens is 558 g/mol. The monoisotopic (exact) mass is 619 g/mol. The van der Waals surface area contributed by atoms with Crippen LogP contribution >= 0.6 is 0 Å². The van der Waals surface area contributed by atoms with Crippen LogP contribution in [-0.4, -0.2) is 75.5 Å². The van der Waals surface area contributed by atoms with Gasteiger partial charge in [-0.3, -0.25) is 9.59 Å². The average molecular weight is 620 g/mol. The smallest absolute Gasteiger partial charge is 0.306 e. The fraction of sp³-hybridized carbons (Fsp3) is 0.694. The molecule has 8 heteroatoms. The highest BCUT2D eigenvalue weighted by atomic mass is 16.6. The van der Waals surface area contributed by atoms with Crippen molar-refractivity contribution in [3.05, 3.63) is 48.6 Å². The molecular formula is C36H61NO7. The van der Waals surface area contributed by atoms with Crippen LogP contribution in [0.25, 0.3) is 0 Å². The lowest BCUT2D eigenvalue weighted by Crippen LogP contribution is -2.55. The Morgan fingerprint density at radius 1 is 0.705 bits per heavy atom. The molecule has 0 rings (SSSR count). The Kier molecular flexibility index (Phi) is 26.1. The minimum absolute atomic E-state index is 0.00143. The molecule has 0 spiro atoms. The minimum atomic E-state index is -1.14. The number of carboxylic acid groups (broad SMARTS) is 1. The van der Waals surface area contributed by atoms with Gasteiger partial charge in [-0.15, -0.1) is 0 Å². The molecule has 2 unspecified atom stereocenters. The number of allylic oxidation sites excluding steroid dienone is 8. The van der Waals surface area contributed by atoms with E-state index in [9.17, 15) is 19.5 Å². The molecule has 0 aromatic carbocycles. The second-order valence-corrected chi connectivity index (χ2v) is 12.0. The van der Waals surface area contributed by atoms with Gasteiger partial charge in [-0.05, 0) is 44.9 Å². The van der Waals surface area contributed by atoms with E-state index in [2.05, 4.69) is 38.2 Å². The third-order valence-corrected chi connectivity index (χ3v) is 6.98. The molecule has 0 aliphatic carbocycles. The van der Waals surface area contributed by atoms with Gasteiger partial charge in [0.05, 0.1) is 40.3 Å². The van der Waals surface area contributed by atoms with Gasteiger partial charge in [-0.25, -0.2) is 0 Å². The number of likely N-dealkylation sites (N-methyl/N-ethyl adjacent to an activating group) is 1. The molecule has 44 heavy (non-hydrogen) atoms. The summed E-state index contributed by atoms with van der Waals surface area (Å²) in [7, 11) is 5.34. The van der Waals surface area contributed by atoms with Crippen LogP contribution in [0.2, 0.25) is 0 Å². The number of aliphatic carboxylic acids is 1. The Balaban J connectivity index is 4.58. The molecule has 0 radical (unpaired) electrons. The fourth-order valence-electron chi connectivity index (χ4n) is 4.36. The van der Waals surface area contributed by atoms with E-state index in [0.717, 1.165) is 25.7 Å². The first kappa shape index (κ1) is 41.3. The van der Waals surface area contributed by atoms with Crippen molar-refractivity contribution in [1.29, 1.82) is 0 Å². The second kappa shape index (κ2) is 27.8. The van der Waals surface area contributed by atoms with Gasteiger partial charge >= 0.3 is 11.9 Å². The molecule has 0 aliphatic rings. The number of unbranched alkanes of at least 4 members (excludes halogenated alkanes) is 6. The van der Waals surface area contributed by atoms with E-state index in [1.165, 1.54) is 38.5 Å². The number of carbonyl (C=O) groups is 3. The Bertz CT molecular complexity index is 870. The van der Waals surface area contributed by atoms with Crippen molar-refractivity contribution in [3.8, 4) is 0 Å². The number of hydrogen-bond acceptors (Lipinski definition) is 7. The van der Waals surface area contributed by atoms with Crippen LogP contribution in [0, 0.1) is 0 Å². The highest BCUT2D eigenvalue weighted by molar-refractivity contribution is 5.70. The van der Waals surface area contributed by atoms with Crippen molar-refractivity contribution in [2.75, 3.05) is 41.0 Å². The van der Waals surface area contributed by atoms with Gasteiger partial charge in [0.25, 0.3) is 0 Å². The molecule has 0 aliphatic heterocycles. The Hall–Kier alpha value is -2.71. The summed E-state index contributed by atoms with van der Waals surface area (Å²) in [4.78, 5) is 36.3. The summed E-state index contributed by atoms with van der Waals surface area (Å²) in [5.74, 6) is -1.93. The van der Waals surface area contributed by atoms with Crippen LogP contribution in [0.15, 0.2) is 48.6 Å². The van der Waals surface area contributed by atoms with Crippen molar-refractivity contribution in [2.24, 2.45) is 0 Å². The summed E-state index contributed by atoms with van der Waals surface area (Å²) >= 11 is 0. The first-order valence-electron chi connectivity index (χ1n) is 16.7. The zero-order valence-electron chi connectivity index (χ0n) is 28.3. The molecule has 0 heterocycles. The van der Waals surface area contributed by atoms with Crippen LogP contribution < -0.4 is 5.11 Å².